The Morgan fingerprint density at radius 2 is 1.36 bits per heavy atom. The van der Waals surface area contributed by atoms with Crippen LogP contribution in [-0.4, -0.2) is 71.5 Å². The first-order valence-electron chi connectivity index (χ1n) is 16.3. The second-order valence-electron chi connectivity index (χ2n) is 11.9. The Hall–Kier alpha value is -4.56. The van der Waals surface area contributed by atoms with Gasteiger partial charge < -0.3 is 28.6 Å². The first-order chi connectivity index (χ1) is 22.8. The third kappa shape index (κ3) is 9.96. The molecule has 0 aliphatic rings. The maximum absolute atomic E-state index is 13.1. The van der Waals surface area contributed by atoms with E-state index in [4.69, 9.17) is 23.7 Å². The van der Waals surface area contributed by atoms with E-state index in [2.05, 4.69) is 24.9 Å². The predicted molar refractivity (Wildman–Crippen MR) is 188 cm³/mol. The zero-order valence-electron chi connectivity index (χ0n) is 28.3. The molecule has 0 N–H and O–H groups in total. The molecule has 0 heterocycles. The van der Waals surface area contributed by atoms with E-state index in [1.165, 1.54) is 6.08 Å². The summed E-state index contributed by atoms with van der Waals surface area (Å²) in [5.74, 6) is 1.08. The number of unbranched alkanes of at least 4 members (excludes halogenated alkanes) is 4. The van der Waals surface area contributed by atoms with Gasteiger partial charge in [-0.2, -0.15) is 0 Å². The van der Waals surface area contributed by atoms with E-state index >= 15 is 0 Å². The van der Waals surface area contributed by atoms with E-state index in [0.29, 0.717) is 36.0 Å². The quantitative estimate of drug-likeness (QED) is 0.0469. The van der Waals surface area contributed by atoms with Crippen LogP contribution in [0.25, 0.3) is 27.6 Å². The zero-order valence-corrected chi connectivity index (χ0v) is 28.3. The summed E-state index contributed by atoms with van der Waals surface area (Å²) in [6.45, 7) is 4.65. The molecule has 0 aliphatic carbocycles. The molecule has 4 aromatic rings. The highest BCUT2D eigenvalue weighted by Crippen LogP contribution is 2.38. The van der Waals surface area contributed by atoms with Crippen molar-refractivity contribution in [2.24, 2.45) is 5.92 Å². The minimum atomic E-state index is -0.399. The highest BCUT2D eigenvalue weighted by atomic mass is 16.5. The van der Waals surface area contributed by atoms with Crippen molar-refractivity contribution >= 4 is 39.6 Å². The zero-order chi connectivity index (χ0) is 33.6. The lowest BCUT2D eigenvalue weighted by molar-refractivity contribution is -0.139. The van der Waals surface area contributed by atoms with E-state index < -0.39 is 5.97 Å². The monoisotopic (exact) mass is 641 g/mol. The van der Waals surface area contributed by atoms with E-state index in [0.717, 1.165) is 72.3 Å². The van der Waals surface area contributed by atoms with E-state index in [9.17, 15) is 9.59 Å². The molecule has 8 nitrogen and oxygen atoms in total. The molecular formula is C39H47NO7. The fourth-order valence-corrected chi connectivity index (χ4v) is 5.80. The van der Waals surface area contributed by atoms with Crippen molar-refractivity contribution in [3.63, 3.8) is 0 Å². The van der Waals surface area contributed by atoms with E-state index in [1.54, 1.807) is 39.5 Å². The second-order valence-corrected chi connectivity index (χ2v) is 11.9. The molecule has 0 fully saturated rings. The van der Waals surface area contributed by atoms with Gasteiger partial charge in [0.05, 0.1) is 40.1 Å². The van der Waals surface area contributed by atoms with Crippen molar-refractivity contribution in [1.82, 2.24) is 4.90 Å². The largest absolute Gasteiger partial charge is 0.493 e. The van der Waals surface area contributed by atoms with Crippen molar-refractivity contribution in [3.05, 3.63) is 83.9 Å². The maximum atomic E-state index is 13.1. The van der Waals surface area contributed by atoms with Crippen LogP contribution >= 0.6 is 0 Å². The van der Waals surface area contributed by atoms with Crippen LogP contribution in [0.2, 0.25) is 0 Å². The lowest BCUT2D eigenvalue weighted by Crippen LogP contribution is -2.28. The van der Waals surface area contributed by atoms with Crippen LogP contribution in [0.4, 0.5) is 0 Å². The smallest absolute Gasteiger partial charge is 0.339 e. The summed E-state index contributed by atoms with van der Waals surface area (Å²) in [4.78, 5) is 27.8. The third-order valence-electron chi connectivity index (χ3n) is 8.13. The Labute approximate surface area is 278 Å². The molecule has 0 saturated carbocycles. The van der Waals surface area contributed by atoms with E-state index in [1.807, 2.05) is 48.5 Å². The summed E-state index contributed by atoms with van der Waals surface area (Å²) in [5.41, 5.74) is 1.39. The number of fused-ring (bicyclic) bond motifs is 2. The van der Waals surface area contributed by atoms with Gasteiger partial charge in [-0.1, -0.05) is 74.7 Å². The fourth-order valence-electron chi connectivity index (χ4n) is 5.80. The number of carbonyl (C=O) groups excluding carboxylic acids is 2. The normalized spacial score (nSPS) is 12.0. The molecule has 0 bridgehead atoms. The Morgan fingerprint density at radius 3 is 1.98 bits per heavy atom. The molecule has 8 heteroatoms. The summed E-state index contributed by atoms with van der Waals surface area (Å²) in [5, 5.41) is 3.94. The minimum absolute atomic E-state index is 0.201. The predicted octanol–water partition coefficient (Wildman–Crippen LogP) is 7.95. The number of esters is 2. The number of hydrogen-bond acceptors (Lipinski definition) is 8. The molecule has 4 aromatic carbocycles. The van der Waals surface area contributed by atoms with Gasteiger partial charge in [-0.15, -0.1) is 0 Å². The SMILES string of the molecule is COc1cc(/C=C/C(=O)OC[C@H](C)CN(C)CCCCCCCOC(=O)c2c3ccccc3cc3ccccc23)cc(OC)c1OC. The van der Waals surface area contributed by atoms with Crippen LogP contribution in [0.5, 0.6) is 17.2 Å². The summed E-state index contributed by atoms with van der Waals surface area (Å²) < 4.78 is 27.3. The summed E-state index contributed by atoms with van der Waals surface area (Å²) in [6.07, 6.45) is 8.23. The molecule has 0 radical (unpaired) electrons. The van der Waals surface area contributed by atoms with E-state index in [-0.39, 0.29) is 11.9 Å². The molecule has 250 valence electrons. The minimum Gasteiger partial charge on any atom is -0.493 e. The van der Waals surface area contributed by atoms with Crippen molar-refractivity contribution in [3.8, 4) is 17.2 Å². The first-order valence-corrected chi connectivity index (χ1v) is 16.3. The first kappa shape index (κ1) is 35.3. The van der Waals surface area contributed by atoms with Crippen LogP contribution in [0.15, 0.2) is 72.8 Å². The highest BCUT2D eigenvalue weighted by molar-refractivity contribution is 6.16. The number of benzene rings is 4. The van der Waals surface area contributed by atoms with Gasteiger partial charge in [0.1, 0.15) is 0 Å². The number of carbonyl (C=O) groups is 2. The van der Waals surface area contributed by atoms with Crippen molar-refractivity contribution < 1.29 is 33.3 Å². The molecule has 0 aromatic heterocycles. The van der Waals surface area contributed by atoms with Gasteiger partial charge in [-0.25, -0.2) is 9.59 Å². The van der Waals surface area contributed by atoms with Crippen LogP contribution in [0, 0.1) is 5.92 Å². The molecular weight excluding hydrogens is 594 g/mol. The summed E-state index contributed by atoms with van der Waals surface area (Å²) in [7, 11) is 6.74. The second kappa shape index (κ2) is 18.0. The average Bonchev–Trinajstić information content (AvgIpc) is 3.09. The Kier molecular flexibility index (Phi) is 13.5. The van der Waals surface area contributed by atoms with Gasteiger partial charge in [0.2, 0.25) is 5.75 Å². The topological polar surface area (TPSA) is 83.5 Å². The van der Waals surface area contributed by atoms with Crippen molar-refractivity contribution in [2.75, 3.05) is 54.7 Å². The number of ether oxygens (including phenoxy) is 5. The average molecular weight is 642 g/mol. The molecule has 0 spiro atoms. The molecule has 4 rings (SSSR count). The molecule has 0 saturated heterocycles. The maximum Gasteiger partial charge on any atom is 0.339 e. The highest BCUT2D eigenvalue weighted by Gasteiger charge is 2.16. The summed E-state index contributed by atoms with van der Waals surface area (Å²) in [6, 6.07) is 21.6. The Bertz CT molecular complexity index is 1590. The van der Waals surface area contributed by atoms with Gasteiger partial charge in [0.25, 0.3) is 0 Å². The third-order valence-corrected chi connectivity index (χ3v) is 8.13. The standard InChI is InChI=1S/C39H47NO7/c1-28(27-47-36(41)20-19-29-23-34(43-3)38(45-5)35(24-29)44-4)26-40(2)21-13-7-6-8-14-22-46-39(42)37-32-17-11-9-15-30(32)25-31-16-10-12-18-33(31)37/h9-12,15-20,23-25,28H,6-8,13-14,21-22,26-27H2,1-5H3/b20-19+/t28-/m1/s1. The van der Waals surface area contributed by atoms with Crippen molar-refractivity contribution in [1.29, 1.82) is 0 Å². The molecule has 1 atom stereocenters. The lowest BCUT2D eigenvalue weighted by atomic mass is 9.97. The molecule has 0 unspecified atom stereocenters. The lowest BCUT2D eigenvalue weighted by Gasteiger charge is -2.21. The fraction of sp³-hybridized carbons (Fsp3) is 0.385. The van der Waals surface area contributed by atoms with Gasteiger partial charge in [-0.3, -0.25) is 0 Å². The summed E-state index contributed by atoms with van der Waals surface area (Å²) >= 11 is 0. The Morgan fingerprint density at radius 1 is 0.766 bits per heavy atom. The number of hydrogen-bond donors (Lipinski definition) is 0. The molecule has 0 aliphatic heterocycles. The van der Waals surface area contributed by atoms with Crippen LogP contribution in [0.1, 0.15) is 54.9 Å². The number of methoxy groups -OCH3 is 3. The van der Waals surface area contributed by atoms with Gasteiger partial charge in [0, 0.05) is 18.5 Å². The molecule has 0 amide bonds. The Balaban J connectivity index is 1.09. The number of nitrogens with zero attached hydrogens (tertiary/aromatic N) is 1. The van der Waals surface area contributed by atoms with Gasteiger partial charge >= 0.3 is 11.9 Å². The molecule has 47 heavy (non-hydrogen) atoms. The van der Waals surface area contributed by atoms with Crippen LogP contribution in [-0.2, 0) is 14.3 Å². The van der Waals surface area contributed by atoms with Crippen molar-refractivity contribution in [2.45, 2.75) is 39.0 Å². The van der Waals surface area contributed by atoms with Crippen LogP contribution < -0.4 is 14.2 Å². The van der Waals surface area contributed by atoms with Gasteiger partial charge in [-0.05, 0) is 77.8 Å². The number of rotatable bonds is 18. The van der Waals surface area contributed by atoms with Gasteiger partial charge in [0.15, 0.2) is 11.5 Å². The van der Waals surface area contributed by atoms with Crippen LogP contribution in [0.3, 0.4) is 0 Å².